The molecule has 0 bridgehead atoms. The number of fused-ring (bicyclic) bond motifs is 1. The molecule has 6 atom stereocenters. The maximum absolute atomic E-state index is 9.81. The van der Waals surface area contributed by atoms with Gasteiger partial charge in [-0.25, -0.2) is 0 Å². The van der Waals surface area contributed by atoms with Crippen LogP contribution in [0.1, 0.15) is 0 Å². The Bertz CT molecular complexity index is 285. The number of halogens is 3. The summed E-state index contributed by atoms with van der Waals surface area (Å²) in [5, 5.41) is 28.0. The van der Waals surface area contributed by atoms with Crippen LogP contribution in [0.5, 0.6) is 0 Å². The van der Waals surface area contributed by atoms with Crippen LogP contribution in [0.25, 0.3) is 0 Å². The summed E-state index contributed by atoms with van der Waals surface area (Å²) in [6, 6.07) is 0. The summed E-state index contributed by atoms with van der Waals surface area (Å²) in [5.41, 5.74) is 0. The summed E-state index contributed by atoms with van der Waals surface area (Å²) in [7, 11) is 0. The molecule has 0 aliphatic carbocycles. The van der Waals surface area contributed by atoms with E-state index in [9.17, 15) is 10.2 Å². The van der Waals surface area contributed by atoms with Gasteiger partial charge in [0.15, 0.2) is 6.29 Å². The van der Waals surface area contributed by atoms with E-state index in [0.717, 1.165) is 0 Å². The second kappa shape index (κ2) is 4.96. The molecule has 2 rings (SSSR count). The molecule has 9 heteroatoms. The monoisotopic (exact) mass is 308 g/mol. The van der Waals surface area contributed by atoms with Crippen LogP contribution in [0.2, 0.25) is 0 Å². The number of rotatable bonds is 2. The molecular weight excluding hydrogens is 298 g/mol. The van der Waals surface area contributed by atoms with E-state index >= 15 is 0 Å². The smallest absolute Gasteiger partial charge is 0.241 e. The summed E-state index contributed by atoms with van der Waals surface area (Å²) in [6.07, 6.45) is -6.33. The molecule has 2 saturated heterocycles. The van der Waals surface area contributed by atoms with Gasteiger partial charge >= 0.3 is 0 Å². The lowest BCUT2D eigenvalue weighted by Gasteiger charge is -2.24. The quantitative estimate of drug-likeness (QED) is 0.598. The van der Waals surface area contributed by atoms with Gasteiger partial charge in [0.05, 0.1) is 6.61 Å². The van der Waals surface area contributed by atoms with Crippen molar-refractivity contribution in [2.75, 3.05) is 6.61 Å². The minimum absolute atomic E-state index is 0.547. The highest BCUT2D eigenvalue weighted by Gasteiger charge is 2.57. The first-order valence-corrected chi connectivity index (χ1v) is 5.98. The molecule has 0 amide bonds. The van der Waals surface area contributed by atoms with E-state index < -0.39 is 47.4 Å². The van der Waals surface area contributed by atoms with Gasteiger partial charge in [0.25, 0.3) is 0 Å². The average Bonchev–Trinajstić information content (AvgIpc) is 2.77. The summed E-state index contributed by atoms with van der Waals surface area (Å²) in [6.45, 7) is -0.547. The van der Waals surface area contributed by atoms with Crippen LogP contribution in [0.15, 0.2) is 0 Å². The van der Waals surface area contributed by atoms with E-state index in [-0.39, 0.29) is 0 Å². The van der Waals surface area contributed by atoms with E-state index in [2.05, 4.69) is 0 Å². The molecule has 0 aromatic carbocycles. The Morgan fingerprint density at radius 2 is 1.82 bits per heavy atom. The summed E-state index contributed by atoms with van der Waals surface area (Å²) in [5.74, 6) is 0. The lowest BCUT2D eigenvalue weighted by molar-refractivity contribution is -0.188. The van der Waals surface area contributed by atoms with Gasteiger partial charge in [-0.15, -0.1) is 0 Å². The third-order valence-corrected chi connectivity index (χ3v) is 3.14. The van der Waals surface area contributed by atoms with Crippen molar-refractivity contribution in [3.8, 4) is 0 Å². The number of hydrogen-bond acceptors (Lipinski definition) is 6. The first kappa shape index (κ1) is 14.0. The van der Waals surface area contributed by atoms with Crippen molar-refractivity contribution in [1.82, 2.24) is 0 Å². The zero-order chi connectivity index (χ0) is 12.8. The van der Waals surface area contributed by atoms with Crippen LogP contribution in [0.3, 0.4) is 0 Å². The van der Waals surface area contributed by atoms with Crippen molar-refractivity contribution in [3.05, 3.63) is 0 Å². The highest BCUT2D eigenvalue weighted by atomic mass is 35.6. The van der Waals surface area contributed by atoms with Gasteiger partial charge < -0.3 is 29.5 Å². The van der Waals surface area contributed by atoms with E-state index in [1.54, 1.807) is 0 Å². The Morgan fingerprint density at radius 1 is 1.18 bits per heavy atom. The summed E-state index contributed by atoms with van der Waals surface area (Å²) >= 11 is 16.7. The van der Waals surface area contributed by atoms with Crippen LogP contribution in [0.4, 0.5) is 0 Å². The predicted octanol–water partition coefficient (Wildman–Crippen LogP) is -0.463. The Kier molecular flexibility index (Phi) is 4.10. The molecule has 6 nitrogen and oxygen atoms in total. The molecule has 0 aromatic rings. The Hall–Kier alpha value is 0.630. The van der Waals surface area contributed by atoms with Crippen LogP contribution < -0.4 is 0 Å². The van der Waals surface area contributed by atoms with E-state index in [0.29, 0.717) is 0 Å². The lowest BCUT2D eigenvalue weighted by atomic mass is 10.1. The number of aliphatic hydroxyl groups excluding tert-OH is 3. The third-order valence-electron chi connectivity index (χ3n) is 2.60. The Balaban J connectivity index is 2.01. The Morgan fingerprint density at radius 3 is 2.29 bits per heavy atom. The summed E-state index contributed by atoms with van der Waals surface area (Å²) in [4.78, 5) is 0. The molecule has 100 valence electrons. The maximum Gasteiger partial charge on any atom is 0.241 e. The van der Waals surface area contributed by atoms with Crippen LogP contribution in [-0.2, 0) is 14.2 Å². The molecule has 2 aliphatic heterocycles. The van der Waals surface area contributed by atoms with E-state index in [1.807, 2.05) is 0 Å². The first-order chi connectivity index (χ1) is 7.84. The number of hydrogen-bond donors (Lipinski definition) is 3. The van der Waals surface area contributed by atoms with Crippen LogP contribution in [-0.4, -0.2) is 62.7 Å². The summed E-state index contributed by atoms with van der Waals surface area (Å²) < 4.78 is 13.8. The molecular formula is C8H11Cl3O6. The van der Waals surface area contributed by atoms with Crippen molar-refractivity contribution in [2.45, 2.75) is 40.8 Å². The molecule has 0 saturated carbocycles. The highest BCUT2D eigenvalue weighted by Crippen LogP contribution is 2.42. The zero-order valence-electron chi connectivity index (χ0n) is 8.37. The first-order valence-electron chi connectivity index (χ1n) is 4.84. The SMILES string of the molecule is OC[C@H](O)[C@H]1O[C@@H]2O[C@H](C(Cl)(Cl)Cl)O[C@H]2[C@@H]1O. The van der Waals surface area contributed by atoms with Crippen molar-refractivity contribution >= 4 is 34.8 Å². The number of ether oxygens (including phenoxy) is 3. The maximum atomic E-state index is 9.81. The van der Waals surface area contributed by atoms with Crippen molar-refractivity contribution in [2.24, 2.45) is 0 Å². The third kappa shape index (κ3) is 2.65. The van der Waals surface area contributed by atoms with Crippen LogP contribution >= 0.6 is 34.8 Å². The number of alkyl halides is 3. The minimum Gasteiger partial charge on any atom is -0.394 e. The molecule has 17 heavy (non-hydrogen) atoms. The van der Waals surface area contributed by atoms with Gasteiger partial charge in [0.2, 0.25) is 10.1 Å². The molecule has 0 unspecified atom stereocenters. The standard InChI is InChI=1S/C8H11Cl3O6/c9-8(10,11)7-16-5-3(14)4(2(13)1-12)15-6(5)17-7/h2-7,12-14H,1H2/t2-,3+,4+,5-,6+,7+/m0/s1. The normalized spacial score (nSPS) is 43.8. The fourth-order valence-corrected chi connectivity index (χ4v) is 2.10. The average molecular weight is 310 g/mol. The van der Waals surface area contributed by atoms with Crippen molar-refractivity contribution < 1.29 is 29.5 Å². The van der Waals surface area contributed by atoms with Gasteiger partial charge in [-0.3, -0.25) is 0 Å². The van der Waals surface area contributed by atoms with Gasteiger partial charge in [0, 0.05) is 0 Å². The molecule has 0 aromatic heterocycles. The van der Waals surface area contributed by atoms with Crippen molar-refractivity contribution in [1.29, 1.82) is 0 Å². The number of aliphatic hydroxyl groups is 3. The van der Waals surface area contributed by atoms with Gasteiger partial charge in [-0.2, -0.15) is 0 Å². The Labute approximate surface area is 112 Å². The molecule has 2 heterocycles. The second-order valence-corrected chi connectivity index (χ2v) is 6.19. The van der Waals surface area contributed by atoms with Gasteiger partial charge in [-0.1, -0.05) is 34.8 Å². The van der Waals surface area contributed by atoms with Gasteiger partial charge in [0.1, 0.15) is 24.4 Å². The fourth-order valence-electron chi connectivity index (χ4n) is 1.79. The fraction of sp³-hybridized carbons (Fsp3) is 1.00. The highest BCUT2D eigenvalue weighted by molar-refractivity contribution is 6.67. The largest absolute Gasteiger partial charge is 0.394 e. The topological polar surface area (TPSA) is 88.4 Å². The van der Waals surface area contributed by atoms with Crippen molar-refractivity contribution in [3.63, 3.8) is 0 Å². The second-order valence-electron chi connectivity index (χ2n) is 3.82. The molecule has 0 spiro atoms. The minimum atomic E-state index is -1.79. The lowest BCUT2D eigenvalue weighted by Crippen LogP contribution is -2.42. The molecule has 2 aliphatic rings. The van der Waals surface area contributed by atoms with Crippen LogP contribution in [0, 0.1) is 0 Å². The predicted molar refractivity (Wildman–Crippen MR) is 57.8 cm³/mol. The zero-order valence-corrected chi connectivity index (χ0v) is 10.6. The molecule has 0 radical (unpaired) electrons. The molecule has 2 fully saturated rings. The van der Waals surface area contributed by atoms with E-state index in [1.165, 1.54) is 0 Å². The van der Waals surface area contributed by atoms with E-state index in [4.69, 9.17) is 54.1 Å². The van der Waals surface area contributed by atoms with Gasteiger partial charge in [-0.05, 0) is 0 Å². The molecule has 3 N–H and O–H groups in total.